The molecule has 2 nitrogen and oxygen atoms in total. The van der Waals surface area contributed by atoms with Crippen LogP contribution in [0.1, 0.15) is 50.5 Å². The van der Waals surface area contributed by atoms with E-state index in [1.165, 1.54) is 24.3 Å². The number of rotatable bonds is 7. The summed E-state index contributed by atoms with van der Waals surface area (Å²) < 4.78 is 53.2. The second-order valence-corrected chi connectivity index (χ2v) is 6.84. The molecule has 1 aromatic rings. The average Bonchev–Trinajstić information content (AvgIpc) is 2.60. The molecular formula is C20H23F4NO. The van der Waals surface area contributed by atoms with Crippen molar-refractivity contribution in [3.05, 3.63) is 41.7 Å². The lowest BCUT2D eigenvalue weighted by molar-refractivity contribution is -0.274. The Kier molecular flexibility index (Phi) is 7.50. The van der Waals surface area contributed by atoms with Gasteiger partial charge in [-0.15, -0.1) is 13.2 Å². The molecule has 26 heavy (non-hydrogen) atoms. The molecule has 0 heterocycles. The number of nitriles is 1. The zero-order chi connectivity index (χ0) is 19.0. The molecule has 1 aliphatic rings. The summed E-state index contributed by atoms with van der Waals surface area (Å²) in [6.45, 7) is 0. The van der Waals surface area contributed by atoms with E-state index in [1.807, 2.05) is 0 Å². The molecule has 142 valence electrons. The van der Waals surface area contributed by atoms with Gasteiger partial charge in [-0.3, -0.25) is 0 Å². The largest absolute Gasteiger partial charge is 0.573 e. The van der Waals surface area contributed by atoms with Crippen molar-refractivity contribution in [3.8, 4) is 11.8 Å². The zero-order valence-electron chi connectivity index (χ0n) is 14.6. The van der Waals surface area contributed by atoms with E-state index in [0.717, 1.165) is 56.9 Å². The van der Waals surface area contributed by atoms with Crippen LogP contribution in [0.2, 0.25) is 0 Å². The van der Waals surface area contributed by atoms with Crippen molar-refractivity contribution >= 4 is 0 Å². The molecule has 0 aromatic heterocycles. The fourth-order valence-corrected chi connectivity index (χ4v) is 3.51. The Bertz CT molecular complexity index is 623. The van der Waals surface area contributed by atoms with Crippen molar-refractivity contribution in [1.29, 1.82) is 5.26 Å². The molecule has 0 atom stereocenters. The highest BCUT2D eigenvalue weighted by atomic mass is 19.4. The van der Waals surface area contributed by atoms with E-state index in [-0.39, 0.29) is 11.7 Å². The predicted octanol–water partition coefficient (Wildman–Crippen LogP) is 6.48. The third-order valence-electron chi connectivity index (χ3n) is 4.87. The maximum Gasteiger partial charge on any atom is 0.573 e. The standard InChI is InChI=1S/C20H23F4NO/c21-18(14-25)13-17-7-5-15(6-8-17)3-1-2-4-16-9-11-19(12-10-16)26-20(22,23)24/h9-13,15,17H,1-8H2/t15-,17-. The van der Waals surface area contributed by atoms with Gasteiger partial charge < -0.3 is 4.74 Å². The molecule has 1 aromatic carbocycles. The quantitative estimate of drug-likeness (QED) is 0.313. The highest BCUT2D eigenvalue weighted by molar-refractivity contribution is 5.27. The van der Waals surface area contributed by atoms with Gasteiger partial charge in [0, 0.05) is 0 Å². The van der Waals surface area contributed by atoms with E-state index < -0.39 is 12.2 Å². The van der Waals surface area contributed by atoms with Crippen molar-refractivity contribution in [2.75, 3.05) is 0 Å². The number of halogens is 4. The molecule has 2 rings (SSSR count). The van der Waals surface area contributed by atoms with Crippen LogP contribution in [0.15, 0.2) is 36.2 Å². The van der Waals surface area contributed by atoms with E-state index in [9.17, 15) is 17.6 Å². The van der Waals surface area contributed by atoms with Gasteiger partial charge in [0.05, 0.1) is 0 Å². The van der Waals surface area contributed by atoms with E-state index >= 15 is 0 Å². The van der Waals surface area contributed by atoms with Gasteiger partial charge >= 0.3 is 6.36 Å². The second-order valence-electron chi connectivity index (χ2n) is 6.84. The summed E-state index contributed by atoms with van der Waals surface area (Å²) in [5.74, 6) is -0.0457. The molecule has 1 saturated carbocycles. The molecule has 0 unspecified atom stereocenters. The number of alkyl halides is 3. The maximum absolute atomic E-state index is 13.0. The van der Waals surface area contributed by atoms with Crippen molar-refractivity contribution < 1.29 is 22.3 Å². The van der Waals surface area contributed by atoms with Gasteiger partial charge in [-0.1, -0.05) is 25.0 Å². The molecule has 0 radical (unpaired) electrons. The molecular weight excluding hydrogens is 346 g/mol. The third-order valence-corrected chi connectivity index (χ3v) is 4.87. The van der Waals surface area contributed by atoms with Gasteiger partial charge in [0.25, 0.3) is 0 Å². The van der Waals surface area contributed by atoms with Gasteiger partial charge in [0.15, 0.2) is 5.83 Å². The van der Waals surface area contributed by atoms with Gasteiger partial charge in [-0.25, -0.2) is 0 Å². The minimum Gasteiger partial charge on any atom is -0.406 e. The van der Waals surface area contributed by atoms with Crippen LogP contribution in [0.3, 0.4) is 0 Å². The number of allylic oxidation sites excluding steroid dienone is 2. The Labute approximate surface area is 151 Å². The first-order valence-electron chi connectivity index (χ1n) is 8.98. The van der Waals surface area contributed by atoms with Gasteiger partial charge in [-0.2, -0.15) is 9.65 Å². The Morgan fingerprint density at radius 1 is 1.12 bits per heavy atom. The van der Waals surface area contributed by atoms with Crippen LogP contribution in [-0.2, 0) is 6.42 Å². The second kappa shape index (κ2) is 9.61. The Hall–Kier alpha value is -2.03. The first-order valence-corrected chi connectivity index (χ1v) is 8.98. The maximum atomic E-state index is 13.0. The molecule has 1 fully saturated rings. The van der Waals surface area contributed by atoms with Crippen LogP contribution >= 0.6 is 0 Å². The molecule has 0 N–H and O–H groups in total. The van der Waals surface area contributed by atoms with E-state index in [1.54, 1.807) is 12.1 Å². The smallest absolute Gasteiger partial charge is 0.406 e. The number of unbranched alkanes of at least 4 members (excludes halogenated alkanes) is 1. The molecule has 0 spiro atoms. The summed E-state index contributed by atoms with van der Waals surface area (Å²) in [7, 11) is 0. The molecule has 1 aliphatic carbocycles. The average molecular weight is 369 g/mol. The summed E-state index contributed by atoms with van der Waals surface area (Å²) >= 11 is 0. The van der Waals surface area contributed by atoms with Crippen molar-refractivity contribution in [2.24, 2.45) is 11.8 Å². The SMILES string of the molecule is N#CC(F)=C[C@H]1CC[C@H](CCCCc2ccc(OC(F)(F)F)cc2)CC1. The van der Waals surface area contributed by atoms with Crippen LogP contribution in [0.25, 0.3) is 0 Å². The fourth-order valence-electron chi connectivity index (χ4n) is 3.51. The van der Waals surface area contributed by atoms with Crippen molar-refractivity contribution in [2.45, 2.75) is 57.7 Å². The van der Waals surface area contributed by atoms with Gasteiger partial charge in [0.2, 0.25) is 0 Å². The Morgan fingerprint density at radius 3 is 2.35 bits per heavy atom. The normalized spacial score (nSPS) is 21.3. The summed E-state index contributed by atoms with van der Waals surface area (Å²) in [5.41, 5.74) is 1.00. The molecule has 0 saturated heterocycles. The highest BCUT2D eigenvalue weighted by Crippen LogP contribution is 2.33. The fraction of sp³-hybridized carbons (Fsp3) is 0.550. The van der Waals surface area contributed by atoms with Crippen LogP contribution < -0.4 is 4.74 Å². The lowest BCUT2D eigenvalue weighted by Crippen LogP contribution is -2.17. The zero-order valence-corrected chi connectivity index (χ0v) is 14.6. The van der Waals surface area contributed by atoms with E-state index in [0.29, 0.717) is 5.92 Å². The molecule has 6 heteroatoms. The summed E-state index contributed by atoms with van der Waals surface area (Å²) in [6, 6.07) is 7.55. The summed E-state index contributed by atoms with van der Waals surface area (Å²) in [4.78, 5) is 0. The van der Waals surface area contributed by atoms with Crippen LogP contribution in [0, 0.1) is 23.2 Å². The molecule has 0 aliphatic heterocycles. The first-order chi connectivity index (χ1) is 12.4. The lowest BCUT2D eigenvalue weighted by Gasteiger charge is -2.26. The number of hydrogen-bond acceptors (Lipinski definition) is 2. The minimum atomic E-state index is -4.66. The number of nitrogens with zero attached hydrogens (tertiary/aromatic N) is 1. The number of benzene rings is 1. The summed E-state index contributed by atoms with van der Waals surface area (Å²) in [5, 5.41) is 8.47. The summed E-state index contributed by atoms with van der Waals surface area (Å²) in [6.07, 6.45) is 4.78. The third kappa shape index (κ3) is 7.47. The lowest BCUT2D eigenvalue weighted by atomic mass is 9.79. The van der Waals surface area contributed by atoms with Gasteiger partial charge in [0.1, 0.15) is 11.8 Å². The predicted molar refractivity (Wildman–Crippen MR) is 90.9 cm³/mol. The minimum absolute atomic E-state index is 0.184. The van der Waals surface area contributed by atoms with Gasteiger partial charge in [-0.05, 0) is 74.1 Å². The number of aryl methyl sites for hydroxylation is 1. The number of hydrogen-bond donors (Lipinski definition) is 0. The van der Waals surface area contributed by atoms with Crippen LogP contribution in [-0.4, -0.2) is 6.36 Å². The van der Waals surface area contributed by atoms with E-state index in [4.69, 9.17) is 5.26 Å². The van der Waals surface area contributed by atoms with Crippen LogP contribution in [0.4, 0.5) is 17.6 Å². The monoisotopic (exact) mass is 369 g/mol. The van der Waals surface area contributed by atoms with Crippen molar-refractivity contribution in [1.82, 2.24) is 0 Å². The first kappa shape index (κ1) is 20.3. The Morgan fingerprint density at radius 2 is 1.77 bits per heavy atom. The number of ether oxygens (including phenoxy) is 1. The molecule has 0 bridgehead atoms. The highest BCUT2D eigenvalue weighted by Gasteiger charge is 2.30. The van der Waals surface area contributed by atoms with Crippen LogP contribution in [0.5, 0.6) is 5.75 Å². The van der Waals surface area contributed by atoms with E-state index in [2.05, 4.69) is 4.74 Å². The van der Waals surface area contributed by atoms with Crippen molar-refractivity contribution in [3.63, 3.8) is 0 Å². The molecule has 0 amide bonds. The topological polar surface area (TPSA) is 33.0 Å². The Balaban J connectivity index is 1.63.